The normalized spacial score (nSPS) is 18.7. The molecule has 1 N–H and O–H groups in total. The summed E-state index contributed by atoms with van der Waals surface area (Å²) < 4.78 is 13.1. The molecule has 3 amide bonds. The molecule has 1 aromatic carbocycles. The van der Waals surface area contributed by atoms with Crippen molar-refractivity contribution in [2.24, 2.45) is 7.05 Å². The van der Waals surface area contributed by atoms with Gasteiger partial charge in [0.05, 0.1) is 36.5 Å². The number of nitrogens with one attached hydrogen (secondary N) is 1. The average molecular weight is 550 g/mol. The van der Waals surface area contributed by atoms with Crippen LogP contribution in [0.1, 0.15) is 46.1 Å². The maximum Gasteiger partial charge on any atom is 0.410 e. The second-order valence-corrected chi connectivity index (χ2v) is 10.6. The van der Waals surface area contributed by atoms with Crippen LogP contribution in [-0.4, -0.2) is 76.7 Å². The number of anilines is 3. The van der Waals surface area contributed by atoms with Gasteiger partial charge < -0.3 is 19.7 Å². The molecule has 11 heteroatoms. The molecule has 2 aliphatic heterocycles. The second kappa shape index (κ2) is 11.6. The molecular weight excluding hydrogens is 510 g/mol. The zero-order valence-corrected chi connectivity index (χ0v) is 24.0. The fourth-order valence-electron chi connectivity index (χ4n) is 5.76. The maximum absolute atomic E-state index is 13.5. The number of hydrogen-bond donors (Lipinski definition) is 1. The second-order valence-electron chi connectivity index (χ2n) is 10.6. The van der Waals surface area contributed by atoms with Crippen LogP contribution in [0.15, 0.2) is 30.6 Å². The molecule has 1 fully saturated rings. The van der Waals surface area contributed by atoms with E-state index in [-0.39, 0.29) is 24.2 Å². The molecule has 1 saturated heterocycles. The van der Waals surface area contributed by atoms with E-state index in [9.17, 15) is 9.59 Å². The lowest BCUT2D eigenvalue weighted by Crippen LogP contribution is -2.59. The van der Waals surface area contributed by atoms with Crippen molar-refractivity contribution >= 4 is 40.2 Å². The Hall–Kier alpha value is -4.02. The average Bonchev–Trinajstić information content (AvgIpc) is 3.51. The molecule has 0 bridgehead atoms. The van der Waals surface area contributed by atoms with Crippen molar-refractivity contribution in [1.29, 1.82) is 0 Å². The molecule has 0 aliphatic carbocycles. The van der Waals surface area contributed by atoms with Gasteiger partial charge in [-0.1, -0.05) is 13.3 Å². The Kier molecular flexibility index (Phi) is 7.99. The molecule has 2 aromatic heterocycles. The van der Waals surface area contributed by atoms with Crippen LogP contribution in [0.5, 0.6) is 5.75 Å². The molecule has 40 heavy (non-hydrogen) atoms. The van der Waals surface area contributed by atoms with Gasteiger partial charge in [0.15, 0.2) is 0 Å². The zero-order chi connectivity index (χ0) is 28.4. The molecule has 11 nitrogen and oxygen atoms in total. The topological polar surface area (TPSA) is 105 Å². The first kappa shape index (κ1) is 27.5. The number of urea groups is 1. The molecule has 5 rings (SSSR count). The van der Waals surface area contributed by atoms with Crippen molar-refractivity contribution in [3.05, 3.63) is 36.2 Å². The van der Waals surface area contributed by atoms with Crippen molar-refractivity contribution in [2.75, 3.05) is 48.0 Å². The molecule has 0 unspecified atom stereocenters. The highest BCUT2D eigenvalue weighted by molar-refractivity contribution is 6.05. The third-order valence-electron chi connectivity index (χ3n) is 7.55. The van der Waals surface area contributed by atoms with Crippen LogP contribution in [0.25, 0.3) is 10.9 Å². The molecule has 3 aromatic rings. The number of rotatable bonds is 7. The lowest BCUT2D eigenvalue weighted by atomic mass is 10.1. The molecule has 2 aliphatic rings. The smallest absolute Gasteiger partial charge is 0.410 e. The van der Waals surface area contributed by atoms with Crippen LogP contribution in [0.4, 0.5) is 26.8 Å². The number of ether oxygens (including phenoxy) is 2. The quantitative estimate of drug-likeness (QED) is 0.422. The number of aryl methyl sites for hydroxylation is 1. The summed E-state index contributed by atoms with van der Waals surface area (Å²) in [6.07, 6.45) is 5.98. The van der Waals surface area contributed by atoms with E-state index in [4.69, 9.17) is 9.47 Å². The number of carbonyl (C=O) groups is 2. The van der Waals surface area contributed by atoms with Crippen molar-refractivity contribution in [1.82, 2.24) is 19.7 Å². The lowest BCUT2D eigenvalue weighted by molar-refractivity contribution is 0.0654. The summed E-state index contributed by atoms with van der Waals surface area (Å²) in [5, 5.41) is 8.41. The molecule has 0 radical (unpaired) electrons. The summed E-state index contributed by atoms with van der Waals surface area (Å²) in [4.78, 5) is 36.7. The van der Waals surface area contributed by atoms with Crippen LogP contribution in [0.3, 0.4) is 0 Å². The van der Waals surface area contributed by atoms with E-state index in [1.54, 1.807) is 15.8 Å². The number of benzene rings is 1. The molecule has 2 atom stereocenters. The highest BCUT2D eigenvalue weighted by Gasteiger charge is 2.36. The monoisotopic (exact) mass is 549 g/mol. The summed E-state index contributed by atoms with van der Waals surface area (Å²) in [6, 6.07) is 5.47. The van der Waals surface area contributed by atoms with E-state index in [1.807, 2.05) is 43.3 Å². The summed E-state index contributed by atoms with van der Waals surface area (Å²) in [7, 11) is 1.86. The van der Waals surface area contributed by atoms with Gasteiger partial charge in [0.25, 0.3) is 0 Å². The van der Waals surface area contributed by atoms with Gasteiger partial charge in [-0.25, -0.2) is 14.6 Å². The van der Waals surface area contributed by atoms with E-state index < -0.39 is 0 Å². The fourth-order valence-corrected chi connectivity index (χ4v) is 5.76. The number of carbonyl (C=O) groups excluding carboxylic acids is 2. The molecule has 0 saturated carbocycles. The minimum absolute atomic E-state index is 0.0122. The molecule has 0 spiro atoms. The van der Waals surface area contributed by atoms with Gasteiger partial charge in [0, 0.05) is 61.8 Å². The predicted octanol–water partition coefficient (Wildman–Crippen LogP) is 4.80. The van der Waals surface area contributed by atoms with E-state index in [2.05, 4.69) is 41.1 Å². The largest absolute Gasteiger partial charge is 0.492 e. The van der Waals surface area contributed by atoms with Gasteiger partial charge in [0.2, 0.25) is 0 Å². The number of fused-ring (bicyclic) bond motifs is 2. The number of pyridine rings is 1. The third kappa shape index (κ3) is 5.37. The predicted molar refractivity (Wildman–Crippen MR) is 155 cm³/mol. The number of amides is 3. The summed E-state index contributed by atoms with van der Waals surface area (Å²) >= 11 is 0. The number of nitrogens with zero attached hydrogens (tertiary/aromatic N) is 6. The Morgan fingerprint density at radius 1 is 1.15 bits per heavy atom. The Bertz CT molecular complexity index is 1380. The molecular formula is C29H39N7O4. The van der Waals surface area contributed by atoms with Crippen molar-refractivity contribution in [2.45, 2.75) is 59.0 Å². The molecule has 4 heterocycles. The minimum Gasteiger partial charge on any atom is -0.492 e. The Morgan fingerprint density at radius 3 is 2.65 bits per heavy atom. The van der Waals surface area contributed by atoms with Crippen LogP contribution in [0, 0.1) is 0 Å². The van der Waals surface area contributed by atoms with Gasteiger partial charge in [-0.3, -0.25) is 14.5 Å². The first-order valence-corrected chi connectivity index (χ1v) is 14.2. The minimum atomic E-state index is -0.256. The van der Waals surface area contributed by atoms with E-state index >= 15 is 0 Å². The van der Waals surface area contributed by atoms with Crippen LogP contribution < -0.4 is 19.9 Å². The Labute approximate surface area is 235 Å². The van der Waals surface area contributed by atoms with Crippen LogP contribution in [0.2, 0.25) is 0 Å². The van der Waals surface area contributed by atoms with Crippen molar-refractivity contribution in [3.63, 3.8) is 0 Å². The van der Waals surface area contributed by atoms with Crippen LogP contribution in [-0.2, 0) is 18.2 Å². The summed E-state index contributed by atoms with van der Waals surface area (Å²) in [6.45, 7) is 10.9. The van der Waals surface area contributed by atoms with Gasteiger partial charge in [-0.15, -0.1) is 0 Å². The number of piperazine rings is 1. The Morgan fingerprint density at radius 2 is 1.93 bits per heavy atom. The third-order valence-corrected chi connectivity index (χ3v) is 7.55. The summed E-state index contributed by atoms with van der Waals surface area (Å²) in [5.41, 5.74) is 3.51. The number of hydrogen-bond acceptors (Lipinski definition) is 7. The van der Waals surface area contributed by atoms with Gasteiger partial charge >= 0.3 is 12.1 Å². The zero-order valence-electron chi connectivity index (χ0n) is 24.0. The first-order chi connectivity index (χ1) is 19.3. The SMILES string of the molecule is CCCCOC(=O)N1[C@H](C)CN(c2ccnc3c2CCN3C(=O)Nc2cc3cn(C)nc3cc2OCC)C[C@@H]1C. The highest BCUT2D eigenvalue weighted by atomic mass is 16.6. The van der Waals surface area contributed by atoms with E-state index in [0.29, 0.717) is 56.5 Å². The Balaban J connectivity index is 1.33. The van der Waals surface area contributed by atoms with Gasteiger partial charge in [-0.2, -0.15) is 5.10 Å². The van der Waals surface area contributed by atoms with Crippen molar-refractivity contribution < 1.29 is 19.1 Å². The fraction of sp³-hybridized carbons (Fsp3) is 0.517. The van der Waals surface area contributed by atoms with E-state index in [0.717, 1.165) is 35.0 Å². The van der Waals surface area contributed by atoms with Gasteiger partial charge in [-0.05, 0) is 45.7 Å². The highest BCUT2D eigenvalue weighted by Crippen LogP contribution is 2.37. The first-order valence-electron chi connectivity index (χ1n) is 14.2. The number of unbranched alkanes of at least 4 members (excludes halogenated alkanes) is 1. The van der Waals surface area contributed by atoms with Crippen molar-refractivity contribution in [3.8, 4) is 5.75 Å². The van der Waals surface area contributed by atoms with Crippen LogP contribution >= 0.6 is 0 Å². The standard InChI is InChI=1S/C29H39N7O4/c1-6-8-13-40-29(38)36-19(3)16-34(17-20(36)4)25-9-11-30-27-22(25)10-12-35(27)28(37)31-24-14-21-18-33(5)32-23(21)15-26(24)39-7-2/h9,11,14-15,18-20H,6-8,10,12-13,16-17H2,1-5H3,(H,31,37)/t19-,20+. The summed E-state index contributed by atoms with van der Waals surface area (Å²) in [5.74, 6) is 1.24. The maximum atomic E-state index is 13.5. The number of aromatic nitrogens is 3. The van der Waals surface area contributed by atoms with E-state index in [1.165, 1.54) is 0 Å². The molecule has 214 valence electrons. The lowest BCUT2D eigenvalue weighted by Gasteiger charge is -2.45. The van der Waals surface area contributed by atoms with Gasteiger partial charge in [0.1, 0.15) is 11.6 Å².